The van der Waals surface area contributed by atoms with Crippen molar-refractivity contribution in [2.45, 2.75) is 97.2 Å². The number of aliphatic hydroxyl groups is 1. The van der Waals surface area contributed by atoms with Crippen LogP contribution in [-0.2, 0) is 33.3 Å². The molecule has 0 unspecified atom stereocenters. The van der Waals surface area contributed by atoms with Crippen LogP contribution in [0, 0.1) is 33.5 Å². The maximum absolute atomic E-state index is 13.6. The highest BCUT2D eigenvalue weighted by Gasteiger charge is 2.78. The highest BCUT2D eigenvalue weighted by molar-refractivity contribution is 5.87. The van der Waals surface area contributed by atoms with Crippen molar-refractivity contribution >= 4 is 24.0 Å². The lowest BCUT2D eigenvalue weighted by Crippen LogP contribution is -2.74. The van der Waals surface area contributed by atoms with Crippen LogP contribution < -0.4 is 0 Å². The first-order valence-corrected chi connectivity index (χ1v) is 17.1. The quantitative estimate of drug-likeness (QED) is 0.172. The summed E-state index contributed by atoms with van der Waals surface area (Å²) in [5.74, 6) is -1.95. The van der Waals surface area contributed by atoms with Gasteiger partial charge in [-0.3, -0.25) is 9.59 Å². The first-order valence-electron chi connectivity index (χ1n) is 17.1. The molecule has 2 heterocycles. The van der Waals surface area contributed by atoms with E-state index in [2.05, 4.69) is 33.8 Å². The molecule has 256 valence electrons. The van der Waals surface area contributed by atoms with Crippen molar-refractivity contribution in [3.8, 4) is 0 Å². The molecular weight excluding hydrogens is 612 g/mol. The average molecular weight is 659 g/mol. The standard InChI is InChI=1S/C39H46O9/c1-22(40)46-29-19-31(48-32(42)15-12-24-10-8-7-9-11-24)39(6)28-18-30(47-23(2)41)37(4)26(25-16-17-44-20-25)13-14-27(37)38(28,5)35(43)33-34(39)36(29,3)21-45-33/h7-12,14-17,20,26,28-31,33-35,43H,13,18-19,21H2,1-6H3/b15-12+/t26-,28-,29+,30-,31-,33+,34-,35+,36+,37-,38-,39-/m1/s1. The van der Waals surface area contributed by atoms with Gasteiger partial charge in [0.25, 0.3) is 0 Å². The predicted molar refractivity (Wildman–Crippen MR) is 175 cm³/mol. The van der Waals surface area contributed by atoms with Crippen molar-refractivity contribution in [1.29, 1.82) is 0 Å². The van der Waals surface area contributed by atoms with Crippen LogP contribution in [0.4, 0.5) is 0 Å². The van der Waals surface area contributed by atoms with Gasteiger partial charge in [0.2, 0.25) is 0 Å². The van der Waals surface area contributed by atoms with Crippen molar-refractivity contribution in [2.75, 3.05) is 6.61 Å². The van der Waals surface area contributed by atoms with E-state index in [0.717, 1.165) is 16.7 Å². The number of esters is 3. The van der Waals surface area contributed by atoms with Gasteiger partial charge in [-0.1, -0.05) is 69.7 Å². The van der Waals surface area contributed by atoms with E-state index in [1.54, 1.807) is 18.6 Å². The molecule has 3 saturated carbocycles. The van der Waals surface area contributed by atoms with Crippen LogP contribution in [0.15, 0.2) is 71.1 Å². The highest BCUT2D eigenvalue weighted by atomic mass is 16.6. The van der Waals surface area contributed by atoms with Gasteiger partial charge >= 0.3 is 17.9 Å². The van der Waals surface area contributed by atoms with Gasteiger partial charge in [0.1, 0.15) is 18.3 Å². The molecule has 4 fully saturated rings. The number of carbonyl (C=O) groups is 3. The van der Waals surface area contributed by atoms with Gasteiger partial charge in [-0.2, -0.15) is 0 Å². The second-order valence-electron chi connectivity index (χ2n) is 15.5. The minimum atomic E-state index is -0.917. The van der Waals surface area contributed by atoms with Gasteiger partial charge in [-0.25, -0.2) is 4.79 Å². The van der Waals surface area contributed by atoms with Gasteiger partial charge in [-0.15, -0.1) is 0 Å². The Morgan fingerprint density at radius 2 is 1.60 bits per heavy atom. The molecule has 1 N–H and O–H groups in total. The number of hydrogen-bond acceptors (Lipinski definition) is 9. The average Bonchev–Trinajstić information content (AvgIpc) is 3.78. The Labute approximate surface area is 281 Å². The Bertz CT molecular complexity index is 1650. The molecule has 48 heavy (non-hydrogen) atoms. The topological polar surface area (TPSA) is 122 Å². The largest absolute Gasteiger partial charge is 0.472 e. The smallest absolute Gasteiger partial charge is 0.331 e. The van der Waals surface area contributed by atoms with E-state index in [1.807, 2.05) is 36.4 Å². The zero-order valence-corrected chi connectivity index (χ0v) is 28.5. The summed E-state index contributed by atoms with van der Waals surface area (Å²) >= 11 is 0. The Morgan fingerprint density at radius 3 is 2.27 bits per heavy atom. The van der Waals surface area contributed by atoms with Crippen molar-refractivity contribution < 1.29 is 42.9 Å². The lowest BCUT2D eigenvalue weighted by molar-refractivity contribution is -0.270. The van der Waals surface area contributed by atoms with Crippen LogP contribution in [0.1, 0.15) is 77.8 Å². The summed E-state index contributed by atoms with van der Waals surface area (Å²) in [5.41, 5.74) is 0.0482. The highest BCUT2D eigenvalue weighted by Crippen LogP contribution is 2.75. The van der Waals surface area contributed by atoms with Crippen LogP contribution in [0.25, 0.3) is 6.08 Å². The summed E-state index contributed by atoms with van der Waals surface area (Å²) in [6, 6.07) is 11.5. The maximum atomic E-state index is 13.6. The molecule has 5 aliphatic rings. The number of fused-ring (bicyclic) bond motifs is 4. The Hall–Kier alpha value is -3.69. The summed E-state index contributed by atoms with van der Waals surface area (Å²) in [4.78, 5) is 38.8. The van der Waals surface area contributed by atoms with E-state index in [4.69, 9.17) is 23.4 Å². The molecule has 9 nitrogen and oxygen atoms in total. The van der Waals surface area contributed by atoms with Crippen LogP contribution >= 0.6 is 0 Å². The number of furan rings is 1. The summed E-state index contributed by atoms with van der Waals surface area (Å²) < 4.78 is 30.7. The van der Waals surface area contributed by atoms with Gasteiger partial charge in [0.05, 0.1) is 31.3 Å². The minimum Gasteiger partial charge on any atom is -0.472 e. The third-order valence-corrected chi connectivity index (χ3v) is 13.1. The lowest BCUT2D eigenvalue weighted by atomic mass is 9.36. The van der Waals surface area contributed by atoms with Crippen molar-refractivity contribution in [3.05, 3.63) is 77.8 Å². The number of benzene rings is 1. The zero-order chi connectivity index (χ0) is 34.2. The van der Waals surface area contributed by atoms with Crippen molar-refractivity contribution in [2.24, 2.45) is 33.5 Å². The molecule has 1 aliphatic heterocycles. The number of ether oxygens (including phenoxy) is 4. The van der Waals surface area contributed by atoms with Gasteiger partial charge < -0.3 is 28.5 Å². The fourth-order valence-electron chi connectivity index (χ4n) is 11.2. The fraction of sp³-hybridized carbons (Fsp3) is 0.564. The summed E-state index contributed by atoms with van der Waals surface area (Å²) in [6.45, 7) is 11.6. The van der Waals surface area contributed by atoms with Crippen LogP contribution in [-0.4, -0.2) is 60.1 Å². The second-order valence-corrected chi connectivity index (χ2v) is 15.5. The maximum Gasteiger partial charge on any atom is 0.331 e. The number of allylic oxidation sites excluding steroid dienone is 1. The third-order valence-electron chi connectivity index (χ3n) is 13.1. The monoisotopic (exact) mass is 658 g/mol. The van der Waals surface area contributed by atoms with Crippen molar-refractivity contribution in [3.63, 3.8) is 0 Å². The number of rotatable bonds is 6. The molecule has 2 aromatic rings. The SMILES string of the molecule is CC(=O)O[C@H]1C[C@@H](OC(=O)/C=C/c2ccccc2)[C@]2(C)[C@@H]3[C@H](OC[C@@]13C)[C@H](O)[C@]1(C)C3=CC[C@H](c4ccoc4)[C@@]3(C)[C@H](OC(C)=O)C[C@H]12. The molecule has 0 spiro atoms. The second kappa shape index (κ2) is 11.4. The molecule has 12 atom stereocenters. The number of aliphatic hydroxyl groups excluding tert-OH is 1. The first kappa shape index (κ1) is 32.8. The van der Waals surface area contributed by atoms with E-state index in [-0.39, 0.29) is 36.8 Å². The molecule has 1 saturated heterocycles. The summed E-state index contributed by atoms with van der Waals surface area (Å²) in [6.07, 6.45) is 6.86. The van der Waals surface area contributed by atoms with Crippen molar-refractivity contribution in [1.82, 2.24) is 0 Å². The molecular formula is C39H46O9. The Balaban J connectivity index is 1.35. The van der Waals surface area contributed by atoms with Gasteiger partial charge in [-0.05, 0) is 42.0 Å². The van der Waals surface area contributed by atoms with Gasteiger partial charge in [0.15, 0.2) is 0 Å². The molecule has 1 aromatic carbocycles. The van der Waals surface area contributed by atoms with E-state index in [1.165, 1.54) is 19.9 Å². The van der Waals surface area contributed by atoms with Crippen LogP contribution in [0.3, 0.4) is 0 Å². The molecule has 7 rings (SSSR count). The van der Waals surface area contributed by atoms with E-state index in [9.17, 15) is 19.5 Å². The molecule has 0 amide bonds. The lowest BCUT2D eigenvalue weighted by Gasteiger charge is -2.70. The molecule has 9 heteroatoms. The van der Waals surface area contributed by atoms with Crippen LogP contribution in [0.2, 0.25) is 0 Å². The Kier molecular flexibility index (Phi) is 7.83. The predicted octanol–water partition coefficient (Wildman–Crippen LogP) is 6.02. The molecule has 0 bridgehead atoms. The summed E-state index contributed by atoms with van der Waals surface area (Å²) in [5, 5.41) is 12.6. The van der Waals surface area contributed by atoms with E-state index < -0.39 is 64.1 Å². The number of hydrogen-bond donors (Lipinski definition) is 1. The molecule has 0 radical (unpaired) electrons. The molecule has 1 aromatic heterocycles. The normalized spacial score (nSPS) is 42.7. The van der Waals surface area contributed by atoms with Gasteiger partial charge in [0, 0.05) is 59.8 Å². The first-order chi connectivity index (χ1) is 22.7. The number of carbonyl (C=O) groups excluding carboxylic acids is 3. The summed E-state index contributed by atoms with van der Waals surface area (Å²) in [7, 11) is 0. The Morgan fingerprint density at radius 1 is 0.896 bits per heavy atom. The van der Waals surface area contributed by atoms with E-state index in [0.29, 0.717) is 12.8 Å². The molecule has 4 aliphatic carbocycles. The van der Waals surface area contributed by atoms with Crippen LogP contribution in [0.5, 0.6) is 0 Å². The minimum absolute atomic E-state index is 0.0303. The van der Waals surface area contributed by atoms with E-state index >= 15 is 0 Å². The fourth-order valence-corrected chi connectivity index (χ4v) is 11.2. The third kappa shape index (κ3) is 4.60. The zero-order valence-electron chi connectivity index (χ0n) is 28.5.